The van der Waals surface area contributed by atoms with E-state index >= 15 is 0 Å². The normalized spacial score (nSPS) is 27.2. The number of likely N-dealkylation sites (tertiary alicyclic amines) is 1. The summed E-state index contributed by atoms with van der Waals surface area (Å²) in [6.45, 7) is 6.43. The number of fused-ring (bicyclic) bond motifs is 1. The van der Waals surface area contributed by atoms with Gasteiger partial charge < -0.3 is 5.73 Å². The SMILES string of the molecule is CC1(C)CCN(Cc2cccc3c2C(=O)N(C2CCC(=O)NC2=O)C3=O)CC1N. The number of amides is 4. The van der Waals surface area contributed by atoms with Gasteiger partial charge in [0, 0.05) is 25.6 Å². The molecular formula is C21H26N4O4. The van der Waals surface area contributed by atoms with Gasteiger partial charge >= 0.3 is 0 Å². The maximum Gasteiger partial charge on any atom is 0.262 e. The molecule has 0 aliphatic carbocycles. The van der Waals surface area contributed by atoms with Crippen molar-refractivity contribution in [2.24, 2.45) is 11.1 Å². The molecule has 0 aromatic heterocycles. The molecular weight excluding hydrogens is 372 g/mol. The lowest BCUT2D eigenvalue weighted by atomic mass is 9.78. The molecule has 3 heterocycles. The lowest BCUT2D eigenvalue weighted by Crippen LogP contribution is -2.54. The molecule has 0 saturated carbocycles. The van der Waals surface area contributed by atoms with Gasteiger partial charge in [-0.2, -0.15) is 0 Å². The van der Waals surface area contributed by atoms with Gasteiger partial charge in [0.25, 0.3) is 11.8 Å². The average Bonchev–Trinajstić information content (AvgIpc) is 2.91. The largest absolute Gasteiger partial charge is 0.326 e. The number of nitrogens with one attached hydrogen (secondary N) is 1. The van der Waals surface area contributed by atoms with Gasteiger partial charge in [-0.15, -0.1) is 0 Å². The Hall–Kier alpha value is -2.58. The second-order valence-electron chi connectivity index (χ2n) is 8.87. The summed E-state index contributed by atoms with van der Waals surface area (Å²) < 4.78 is 0. The second-order valence-corrected chi connectivity index (χ2v) is 8.87. The smallest absolute Gasteiger partial charge is 0.262 e. The molecule has 3 aliphatic heterocycles. The number of carbonyl (C=O) groups excluding carboxylic acids is 4. The molecule has 8 nitrogen and oxygen atoms in total. The first kappa shape index (κ1) is 19.7. The average molecular weight is 398 g/mol. The first-order chi connectivity index (χ1) is 13.7. The van der Waals surface area contributed by atoms with Crippen LogP contribution in [0.5, 0.6) is 0 Å². The molecule has 29 heavy (non-hydrogen) atoms. The lowest BCUT2D eigenvalue weighted by Gasteiger charge is -2.42. The number of benzene rings is 1. The van der Waals surface area contributed by atoms with Crippen LogP contribution in [0.1, 0.15) is 59.4 Å². The molecule has 4 amide bonds. The molecule has 8 heteroatoms. The molecule has 0 bridgehead atoms. The van der Waals surface area contributed by atoms with Crippen LogP contribution < -0.4 is 11.1 Å². The summed E-state index contributed by atoms with van der Waals surface area (Å²) in [6.07, 6.45) is 1.22. The van der Waals surface area contributed by atoms with Crippen molar-refractivity contribution in [3.63, 3.8) is 0 Å². The van der Waals surface area contributed by atoms with Crippen molar-refractivity contribution in [1.82, 2.24) is 15.1 Å². The van der Waals surface area contributed by atoms with Crippen LogP contribution in [0.4, 0.5) is 0 Å². The minimum absolute atomic E-state index is 0.0327. The van der Waals surface area contributed by atoms with Crippen LogP contribution in [0.25, 0.3) is 0 Å². The fraction of sp³-hybridized carbons (Fsp3) is 0.524. The maximum atomic E-state index is 13.2. The molecule has 4 rings (SSSR count). The number of hydrogen-bond acceptors (Lipinski definition) is 6. The first-order valence-electron chi connectivity index (χ1n) is 10.0. The predicted molar refractivity (Wildman–Crippen MR) is 105 cm³/mol. The minimum atomic E-state index is -0.947. The van der Waals surface area contributed by atoms with Gasteiger partial charge in [-0.3, -0.25) is 34.3 Å². The van der Waals surface area contributed by atoms with Gasteiger partial charge in [-0.25, -0.2) is 0 Å². The molecule has 0 radical (unpaired) electrons. The fourth-order valence-electron chi connectivity index (χ4n) is 4.35. The van der Waals surface area contributed by atoms with E-state index in [-0.39, 0.29) is 30.2 Å². The van der Waals surface area contributed by atoms with Crippen LogP contribution in [-0.2, 0) is 16.1 Å². The summed E-state index contributed by atoms with van der Waals surface area (Å²) >= 11 is 0. The van der Waals surface area contributed by atoms with E-state index in [1.165, 1.54) is 0 Å². The number of rotatable bonds is 3. The van der Waals surface area contributed by atoms with E-state index < -0.39 is 23.8 Å². The van der Waals surface area contributed by atoms with Gasteiger partial charge in [0.15, 0.2) is 0 Å². The van der Waals surface area contributed by atoms with E-state index in [0.717, 1.165) is 30.0 Å². The van der Waals surface area contributed by atoms with Gasteiger partial charge in [-0.05, 0) is 36.4 Å². The summed E-state index contributed by atoms with van der Waals surface area (Å²) in [5, 5.41) is 2.22. The molecule has 3 aliphatic rings. The zero-order valence-electron chi connectivity index (χ0n) is 16.7. The highest BCUT2D eigenvalue weighted by atomic mass is 16.2. The zero-order valence-corrected chi connectivity index (χ0v) is 16.7. The Bertz CT molecular complexity index is 910. The topological polar surface area (TPSA) is 113 Å². The van der Waals surface area contributed by atoms with E-state index in [0.29, 0.717) is 17.7 Å². The van der Waals surface area contributed by atoms with Crippen molar-refractivity contribution in [3.8, 4) is 0 Å². The van der Waals surface area contributed by atoms with Crippen LogP contribution >= 0.6 is 0 Å². The predicted octanol–water partition coefficient (Wildman–Crippen LogP) is 0.647. The number of nitrogens with two attached hydrogens (primary N) is 1. The highest BCUT2D eigenvalue weighted by Crippen LogP contribution is 2.33. The number of carbonyl (C=O) groups is 4. The third-order valence-corrected chi connectivity index (χ3v) is 6.48. The van der Waals surface area contributed by atoms with E-state index in [1.807, 2.05) is 6.07 Å². The van der Waals surface area contributed by atoms with Crippen molar-refractivity contribution in [1.29, 1.82) is 0 Å². The van der Waals surface area contributed by atoms with Crippen LogP contribution in [0.2, 0.25) is 0 Å². The van der Waals surface area contributed by atoms with Gasteiger partial charge in [0.05, 0.1) is 11.1 Å². The molecule has 2 fully saturated rings. The number of imide groups is 2. The van der Waals surface area contributed by atoms with Crippen molar-refractivity contribution >= 4 is 23.6 Å². The van der Waals surface area contributed by atoms with E-state index in [4.69, 9.17) is 5.73 Å². The maximum absolute atomic E-state index is 13.2. The Balaban J connectivity index is 1.58. The summed E-state index contributed by atoms with van der Waals surface area (Å²) in [4.78, 5) is 53.0. The van der Waals surface area contributed by atoms with Crippen LogP contribution in [0.15, 0.2) is 18.2 Å². The third kappa shape index (κ3) is 3.36. The summed E-state index contributed by atoms with van der Waals surface area (Å²) in [7, 11) is 0. The number of piperidine rings is 2. The monoisotopic (exact) mass is 398 g/mol. The summed E-state index contributed by atoms with van der Waals surface area (Å²) in [6, 6.07) is 4.32. The van der Waals surface area contributed by atoms with Gasteiger partial charge in [0.1, 0.15) is 6.04 Å². The lowest BCUT2D eigenvalue weighted by molar-refractivity contribution is -0.136. The Kier molecular flexibility index (Phi) is 4.78. The highest BCUT2D eigenvalue weighted by molar-refractivity contribution is 6.24. The summed E-state index contributed by atoms with van der Waals surface area (Å²) in [5.74, 6) is -1.91. The molecule has 2 atom stereocenters. The van der Waals surface area contributed by atoms with E-state index in [9.17, 15) is 19.2 Å². The van der Waals surface area contributed by atoms with Gasteiger partial charge in [0.2, 0.25) is 11.8 Å². The fourth-order valence-corrected chi connectivity index (χ4v) is 4.35. The molecule has 154 valence electrons. The Labute approximate surface area is 169 Å². The molecule has 2 saturated heterocycles. The van der Waals surface area contributed by atoms with Crippen molar-refractivity contribution in [2.45, 2.75) is 51.7 Å². The Morgan fingerprint density at radius 3 is 2.62 bits per heavy atom. The number of hydrogen-bond donors (Lipinski definition) is 2. The van der Waals surface area contributed by atoms with Crippen molar-refractivity contribution in [2.75, 3.05) is 13.1 Å². The Morgan fingerprint density at radius 2 is 1.93 bits per heavy atom. The second kappa shape index (κ2) is 7.03. The Morgan fingerprint density at radius 1 is 1.17 bits per heavy atom. The van der Waals surface area contributed by atoms with Crippen LogP contribution in [-0.4, -0.2) is 58.6 Å². The standard InChI is InChI=1S/C21H26N4O4/c1-21(2)8-9-24(11-15(21)22)10-12-4-3-5-13-17(12)20(29)25(19(13)28)14-6-7-16(26)23-18(14)27/h3-5,14-15H,6-11,22H2,1-2H3,(H,23,26,27). The molecule has 1 aromatic rings. The van der Waals surface area contributed by atoms with E-state index in [2.05, 4.69) is 24.1 Å². The van der Waals surface area contributed by atoms with Gasteiger partial charge in [-0.1, -0.05) is 26.0 Å². The van der Waals surface area contributed by atoms with Crippen molar-refractivity contribution in [3.05, 3.63) is 34.9 Å². The minimum Gasteiger partial charge on any atom is -0.326 e. The van der Waals surface area contributed by atoms with E-state index in [1.54, 1.807) is 12.1 Å². The van der Waals surface area contributed by atoms with Crippen molar-refractivity contribution < 1.29 is 19.2 Å². The number of nitrogens with zero attached hydrogens (tertiary/aromatic N) is 2. The molecule has 0 spiro atoms. The first-order valence-corrected chi connectivity index (χ1v) is 10.0. The molecule has 3 N–H and O–H groups in total. The van der Waals surface area contributed by atoms with Crippen LogP contribution in [0, 0.1) is 5.41 Å². The quantitative estimate of drug-likeness (QED) is 0.723. The molecule has 1 aromatic carbocycles. The molecule has 2 unspecified atom stereocenters. The highest BCUT2D eigenvalue weighted by Gasteiger charge is 2.45. The zero-order chi connectivity index (χ0) is 20.9. The summed E-state index contributed by atoms with van der Waals surface area (Å²) in [5.41, 5.74) is 7.84. The van der Waals surface area contributed by atoms with Crippen LogP contribution in [0.3, 0.4) is 0 Å². The third-order valence-electron chi connectivity index (χ3n) is 6.48.